The van der Waals surface area contributed by atoms with E-state index < -0.39 is 0 Å². The normalized spacial score (nSPS) is 15.5. The van der Waals surface area contributed by atoms with Crippen molar-refractivity contribution in [3.8, 4) is 0 Å². The SMILES string of the molecule is C=C(CCN)C1Cc2ccccc2C1. The second-order valence-electron chi connectivity index (χ2n) is 4.07. The minimum Gasteiger partial charge on any atom is -0.330 e. The van der Waals surface area contributed by atoms with Crippen LogP contribution in [-0.2, 0) is 12.8 Å². The molecule has 0 aromatic heterocycles. The molecule has 0 atom stereocenters. The molecular weight excluding hydrogens is 170 g/mol. The molecular formula is C13H17N. The predicted octanol–water partition coefficient (Wildman–Crippen LogP) is 2.31. The lowest BCUT2D eigenvalue weighted by atomic mass is 9.95. The molecule has 74 valence electrons. The summed E-state index contributed by atoms with van der Waals surface area (Å²) < 4.78 is 0. The van der Waals surface area contributed by atoms with Crippen LogP contribution in [0.2, 0.25) is 0 Å². The largest absolute Gasteiger partial charge is 0.330 e. The van der Waals surface area contributed by atoms with Gasteiger partial charge in [0.05, 0.1) is 0 Å². The van der Waals surface area contributed by atoms with Gasteiger partial charge in [-0.1, -0.05) is 36.4 Å². The van der Waals surface area contributed by atoms with Crippen molar-refractivity contribution in [2.75, 3.05) is 6.54 Å². The van der Waals surface area contributed by atoms with E-state index >= 15 is 0 Å². The topological polar surface area (TPSA) is 26.0 Å². The summed E-state index contributed by atoms with van der Waals surface area (Å²) in [6.45, 7) is 4.86. The van der Waals surface area contributed by atoms with Crippen molar-refractivity contribution in [1.82, 2.24) is 0 Å². The Morgan fingerprint density at radius 3 is 2.36 bits per heavy atom. The molecule has 0 bridgehead atoms. The smallest absolute Gasteiger partial charge is 0.00399 e. The van der Waals surface area contributed by atoms with E-state index in [0.717, 1.165) is 25.8 Å². The number of hydrogen-bond donors (Lipinski definition) is 1. The Kier molecular flexibility index (Phi) is 2.69. The van der Waals surface area contributed by atoms with E-state index in [9.17, 15) is 0 Å². The Balaban J connectivity index is 2.08. The first kappa shape index (κ1) is 9.47. The summed E-state index contributed by atoms with van der Waals surface area (Å²) in [5.41, 5.74) is 9.86. The van der Waals surface area contributed by atoms with Crippen molar-refractivity contribution in [1.29, 1.82) is 0 Å². The maximum Gasteiger partial charge on any atom is -0.00399 e. The molecule has 1 aromatic rings. The maximum absolute atomic E-state index is 5.54. The van der Waals surface area contributed by atoms with E-state index in [0.29, 0.717) is 5.92 Å². The Hall–Kier alpha value is -1.08. The van der Waals surface area contributed by atoms with Crippen molar-refractivity contribution in [3.63, 3.8) is 0 Å². The van der Waals surface area contributed by atoms with Crippen molar-refractivity contribution in [2.24, 2.45) is 11.7 Å². The molecule has 1 aliphatic carbocycles. The Morgan fingerprint density at radius 2 is 1.86 bits per heavy atom. The summed E-state index contributed by atoms with van der Waals surface area (Å²) in [6.07, 6.45) is 3.29. The lowest BCUT2D eigenvalue weighted by Crippen LogP contribution is -2.08. The van der Waals surface area contributed by atoms with Gasteiger partial charge in [-0.25, -0.2) is 0 Å². The van der Waals surface area contributed by atoms with Gasteiger partial charge < -0.3 is 5.73 Å². The van der Waals surface area contributed by atoms with Gasteiger partial charge in [-0.2, -0.15) is 0 Å². The van der Waals surface area contributed by atoms with Crippen molar-refractivity contribution >= 4 is 0 Å². The molecule has 1 aliphatic rings. The molecule has 1 heteroatoms. The van der Waals surface area contributed by atoms with Crippen molar-refractivity contribution < 1.29 is 0 Å². The van der Waals surface area contributed by atoms with E-state index in [1.165, 1.54) is 16.7 Å². The van der Waals surface area contributed by atoms with Crippen LogP contribution in [0.15, 0.2) is 36.4 Å². The number of nitrogens with two attached hydrogens (primary N) is 1. The highest BCUT2D eigenvalue weighted by atomic mass is 14.5. The third-order valence-electron chi connectivity index (χ3n) is 3.09. The average Bonchev–Trinajstić information content (AvgIpc) is 2.61. The molecule has 2 rings (SSSR count). The first-order valence-corrected chi connectivity index (χ1v) is 5.25. The van der Waals surface area contributed by atoms with Gasteiger partial charge in [0.15, 0.2) is 0 Å². The molecule has 14 heavy (non-hydrogen) atoms. The summed E-state index contributed by atoms with van der Waals surface area (Å²) in [5, 5.41) is 0. The van der Waals surface area contributed by atoms with Gasteiger partial charge >= 0.3 is 0 Å². The van der Waals surface area contributed by atoms with Crippen LogP contribution in [0.3, 0.4) is 0 Å². The lowest BCUT2D eigenvalue weighted by molar-refractivity contribution is 0.629. The summed E-state index contributed by atoms with van der Waals surface area (Å²) in [6, 6.07) is 8.69. The van der Waals surface area contributed by atoms with Crippen LogP contribution >= 0.6 is 0 Å². The highest BCUT2D eigenvalue weighted by Gasteiger charge is 2.22. The summed E-state index contributed by atoms with van der Waals surface area (Å²) in [7, 11) is 0. The minimum absolute atomic E-state index is 0.635. The van der Waals surface area contributed by atoms with Crippen LogP contribution in [0.4, 0.5) is 0 Å². The fourth-order valence-electron chi connectivity index (χ4n) is 2.24. The zero-order valence-corrected chi connectivity index (χ0v) is 8.50. The highest BCUT2D eigenvalue weighted by molar-refractivity contribution is 5.34. The van der Waals surface area contributed by atoms with Gasteiger partial charge in [0.1, 0.15) is 0 Å². The van der Waals surface area contributed by atoms with Crippen LogP contribution in [0.1, 0.15) is 17.5 Å². The summed E-state index contributed by atoms with van der Waals surface area (Å²) in [4.78, 5) is 0. The molecule has 0 heterocycles. The first-order chi connectivity index (χ1) is 6.81. The Bertz CT molecular complexity index is 316. The second kappa shape index (κ2) is 3.97. The lowest BCUT2D eigenvalue weighted by Gasteiger charge is -2.11. The third-order valence-corrected chi connectivity index (χ3v) is 3.09. The van der Waals surface area contributed by atoms with Gasteiger partial charge in [-0.15, -0.1) is 0 Å². The van der Waals surface area contributed by atoms with Gasteiger partial charge in [0.2, 0.25) is 0 Å². The van der Waals surface area contributed by atoms with Gasteiger partial charge in [0, 0.05) is 0 Å². The van der Waals surface area contributed by atoms with E-state index in [1.54, 1.807) is 0 Å². The van der Waals surface area contributed by atoms with E-state index in [4.69, 9.17) is 5.73 Å². The van der Waals surface area contributed by atoms with Crippen LogP contribution in [0.5, 0.6) is 0 Å². The molecule has 0 saturated heterocycles. The number of rotatable bonds is 3. The number of benzene rings is 1. The highest BCUT2D eigenvalue weighted by Crippen LogP contribution is 2.31. The monoisotopic (exact) mass is 187 g/mol. The van der Waals surface area contributed by atoms with Crippen molar-refractivity contribution in [2.45, 2.75) is 19.3 Å². The number of hydrogen-bond acceptors (Lipinski definition) is 1. The molecule has 0 unspecified atom stereocenters. The average molecular weight is 187 g/mol. The van der Waals surface area contributed by atoms with Gasteiger partial charge in [-0.3, -0.25) is 0 Å². The molecule has 0 radical (unpaired) electrons. The third kappa shape index (κ3) is 1.73. The van der Waals surface area contributed by atoms with Gasteiger partial charge in [-0.05, 0) is 42.9 Å². The Labute approximate surface area is 85.6 Å². The molecule has 1 aromatic carbocycles. The standard InChI is InChI=1S/C13H17N/c1-10(6-7-14)13-8-11-4-2-3-5-12(11)9-13/h2-5,13H,1,6-9,14H2. The molecule has 0 aliphatic heterocycles. The second-order valence-corrected chi connectivity index (χ2v) is 4.07. The van der Waals surface area contributed by atoms with Crippen LogP contribution in [-0.4, -0.2) is 6.54 Å². The van der Waals surface area contributed by atoms with Gasteiger partial charge in [0.25, 0.3) is 0 Å². The van der Waals surface area contributed by atoms with Crippen LogP contribution in [0, 0.1) is 5.92 Å². The Morgan fingerprint density at radius 1 is 1.29 bits per heavy atom. The minimum atomic E-state index is 0.635. The zero-order chi connectivity index (χ0) is 9.97. The fourth-order valence-corrected chi connectivity index (χ4v) is 2.24. The molecule has 2 N–H and O–H groups in total. The zero-order valence-electron chi connectivity index (χ0n) is 8.50. The quantitative estimate of drug-likeness (QED) is 0.722. The fraction of sp³-hybridized carbons (Fsp3) is 0.385. The molecule has 1 nitrogen and oxygen atoms in total. The number of fused-ring (bicyclic) bond motifs is 1. The molecule has 0 fully saturated rings. The first-order valence-electron chi connectivity index (χ1n) is 5.25. The molecule has 0 amide bonds. The van der Waals surface area contributed by atoms with E-state index in [2.05, 4.69) is 30.8 Å². The maximum atomic E-state index is 5.54. The van der Waals surface area contributed by atoms with E-state index in [-0.39, 0.29) is 0 Å². The summed E-state index contributed by atoms with van der Waals surface area (Å²) in [5.74, 6) is 0.635. The molecule has 0 spiro atoms. The molecule has 0 saturated carbocycles. The predicted molar refractivity (Wildman–Crippen MR) is 60.2 cm³/mol. The van der Waals surface area contributed by atoms with Crippen molar-refractivity contribution in [3.05, 3.63) is 47.5 Å². The van der Waals surface area contributed by atoms with Crippen LogP contribution in [0.25, 0.3) is 0 Å². The van der Waals surface area contributed by atoms with Crippen LogP contribution < -0.4 is 5.73 Å². The summed E-state index contributed by atoms with van der Waals surface area (Å²) >= 11 is 0. The van der Waals surface area contributed by atoms with E-state index in [1.807, 2.05) is 0 Å².